The fourth-order valence-electron chi connectivity index (χ4n) is 1.70. The summed E-state index contributed by atoms with van der Waals surface area (Å²) in [5.41, 5.74) is -0.464. The van der Waals surface area contributed by atoms with Crippen LogP contribution in [0.4, 0.5) is 0 Å². The van der Waals surface area contributed by atoms with E-state index in [1.165, 1.54) is 0 Å². The Morgan fingerprint density at radius 3 is 3.18 bits per heavy atom. The van der Waals surface area contributed by atoms with Crippen LogP contribution in [0.25, 0.3) is 0 Å². The highest BCUT2D eigenvalue weighted by Gasteiger charge is 2.28. The second kappa shape index (κ2) is 4.57. The topological polar surface area (TPSA) is 95.3 Å². The summed E-state index contributed by atoms with van der Waals surface area (Å²) in [7, 11) is 0. The average molecular weight is 234 g/mol. The van der Waals surface area contributed by atoms with Gasteiger partial charge in [-0.3, -0.25) is 10.1 Å². The highest BCUT2D eigenvalue weighted by Crippen LogP contribution is 2.16. The molecule has 1 aliphatic rings. The number of hydrogen-bond donors (Lipinski definition) is 1. The molecule has 0 radical (unpaired) electrons. The molecule has 0 amide bonds. The standard InChI is InChI=1S/C10H10N4O3/c11-6-9(14(15)16)10-12-3-4-13(10)7-8-2-1-5-17-8/h1-2,5,12H,3-4,7H2/b10-9+. The van der Waals surface area contributed by atoms with Gasteiger partial charge < -0.3 is 14.6 Å². The molecule has 0 spiro atoms. The lowest BCUT2D eigenvalue weighted by Gasteiger charge is -2.15. The molecule has 2 rings (SSSR count). The van der Waals surface area contributed by atoms with Gasteiger partial charge in [0.2, 0.25) is 0 Å². The summed E-state index contributed by atoms with van der Waals surface area (Å²) in [6.07, 6.45) is 1.54. The molecule has 7 heteroatoms. The molecule has 0 aromatic carbocycles. The van der Waals surface area contributed by atoms with E-state index in [0.717, 1.165) is 0 Å². The lowest BCUT2D eigenvalue weighted by atomic mass is 10.4. The summed E-state index contributed by atoms with van der Waals surface area (Å²) < 4.78 is 5.17. The summed E-state index contributed by atoms with van der Waals surface area (Å²) >= 11 is 0. The minimum atomic E-state index is -0.678. The monoisotopic (exact) mass is 234 g/mol. The van der Waals surface area contributed by atoms with Crippen LogP contribution >= 0.6 is 0 Å². The van der Waals surface area contributed by atoms with Gasteiger partial charge in [-0.2, -0.15) is 5.26 Å². The quantitative estimate of drug-likeness (QED) is 0.468. The van der Waals surface area contributed by atoms with Crippen LogP contribution in [0.5, 0.6) is 0 Å². The van der Waals surface area contributed by atoms with E-state index in [0.29, 0.717) is 25.4 Å². The van der Waals surface area contributed by atoms with Crippen molar-refractivity contribution in [1.29, 1.82) is 5.26 Å². The van der Waals surface area contributed by atoms with Crippen LogP contribution in [0.3, 0.4) is 0 Å². The van der Waals surface area contributed by atoms with Gasteiger partial charge in [0.1, 0.15) is 5.76 Å². The SMILES string of the molecule is N#C/C(=C1/NCCN1Cc1ccco1)[N+](=O)[O-]. The Balaban J connectivity index is 2.23. The van der Waals surface area contributed by atoms with E-state index >= 15 is 0 Å². The Morgan fingerprint density at radius 2 is 2.59 bits per heavy atom. The van der Waals surface area contributed by atoms with E-state index in [4.69, 9.17) is 9.68 Å². The lowest BCUT2D eigenvalue weighted by molar-refractivity contribution is -0.419. The smallest absolute Gasteiger partial charge is 0.385 e. The molecule has 1 N–H and O–H groups in total. The first-order valence-corrected chi connectivity index (χ1v) is 5.02. The van der Waals surface area contributed by atoms with Crippen molar-refractivity contribution in [3.63, 3.8) is 0 Å². The number of allylic oxidation sites excluding steroid dienone is 1. The Hall–Kier alpha value is -2.49. The molecule has 1 aromatic rings. The summed E-state index contributed by atoms with van der Waals surface area (Å²) in [5.74, 6) is 0.959. The van der Waals surface area contributed by atoms with Gasteiger partial charge >= 0.3 is 5.70 Å². The van der Waals surface area contributed by atoms with Crippen molar-refractivity contribution in [2.24, 2.45) is 0 Å². The van der Waals surface area contributed by atoms with E-state index in [2.05, 4.69) is 5.32 Å². The van der Waals surface area contributed by atoms with E-state index in [9.17, 15) is 10.1 Å². The summed E-state index contributed by atoms with van der Waals surface area (Å²) in [4.78, 5) is 11.7. The highest BCUT2D eigenvalue weighted by molar-refractivity contribution is 5.21. The Labute approximate surface area is 97.1 Å². The minimum absolute atomic E-state index is 0.258. The maximum absolute atomic E-state index is 10.7. The third kappa shape index (κ3) is 2.20. The normalized spacial score (nSPS) is 17.5. The molecule has 17 heavy (non-hydrogen) atoms. The molecular formula is C10H10N4O3. The van der Waals surface area contributed by atoms with Crippen LogP contribution in [0.2, 0.25) is 0 Å². The van der Waals surface area contributed by atoms with Crippen molar-refractivity contribution in [2.75, 3.05) is 13.1 Å². The number of nitrogens with zero attached hydrogens (tertiary/aromatic N) is 3. The molecule has 0 bridgehead atoms. The van der Waals surface area contributed by atoms with E-state index in [1.54, 1.807) is 29.4 Å². The highest BCUT2D eigenvalue weighted by atomic mass is 16.6. The Morgan fingerprint density at radius 1 is 1.76 bits per heavy atom. The van der Waals surface area contributed by atoms with Crippen LogP contribution in [-0.4, -0.2) is 22.9 Å². The zero-order chi connectivity index (χ0) is 12.3. The molecule has 0 aliphatic carbocycles. The largest absolute Gasteiger partial charge is 0.467 e. The number of nitriles is 1. The van der Waals surface area contributed by atoms with Gasteiger partial charge in [0.25, 0.3) is 0 Å². The van der Waals surface area contributed by atoms with E-state index < -0.39 is 10.6 Å². The number of nitrogens with one attached hydrogen (secondary N) is 1. The molecule has 7 nitrogen and oxygen atoms in total. The summed E-state index contributed by atoms with van der Waals surface area (Å²) in [6, 6.07) is 5.14. The number of furan rings is 1. The van der Waals surface area contributed by atoms with Gasteiger partial charge in [-0.1, -0.05) is 0 Å². The first-order valence-electron chi connectivity index (χ1n) is 5.02. The van der Waals surface area contributed by atoms with Crippen molar-refractivity contribution < 1.29 is 9.34 Å². The van der Waals surface area contributed by atoms with Crippen molar-refractivity contribution in [1.82, 2.24) is 10.2 Å². The second-order valence-electron chi connectivity index (χ2n) is 3.49. The molecule has 1 saturated heterocycles. The Kier molecular flexibility index (Phi) is 2.96. The molecule has 88 valence electrons. The maximum Gasteiger partial charge on any atom is 0.385 e. The lowest BCUT2D eigenvalue weighted by Crippen LogP contribution is -2.23. The third-order valence-corrected chi connectivity index (χ3v) is 2.43. The number of hydrogen-bond acceptors (Lipinski definition) is 6. The van der Waals surface area contributed by atoms with Gasteiger partial charge in [0.15, 0.2) is 11.9 Å². The van der Waals surface area contributed by atoms with Gasteiger partial charge in [-0.05, 0) is 12.1 Å². The van der Waals surface area contributed by atoms with Crippen LogP contribution in [-0.2, 0) is 6.54 Å². The summed E-state index contributed by atoms with van der Waals surface area (Å²) in [6.45, 7) is 1.60. The molecule has 0 unspecified atom stereocenters. The first-order chi connectivity index (χ1) is 8.22. The predicted molar refractivity (Wildman–Crippen MR) is 56.8 cm³/mol. The minimum Gasteiger partial charge on any atom is -0.467 e. The maximum atomic E-state index is 10.7. The van der Waals surface area contributed by atoms with Crippen LogP contribution < -0.4 is 5.32 Å². The van der Waals surface area contributed by atoms with Crippen LogP contribution in [0, 0.1) is 21.4 Å². The molecule has 1 fully saturated rings. The van der Waals surface area contributed by atoms with Gasteiger partial charge in [0.05, 0.1) is 17.7 Å². The molecule has 1 aromatic heterocycles. The van der Waals surface area contributed by atoms with Crippen molar-refractivity contribution in [3.05, 3.63) is 45.8 Å². The molecule has 0 atom stereocenters. The fourth-order valence-corrected chi connectivity index (χ4v) is 1.70. The zero-order valence-electron chi connectivity index (χ0n) is 8.92. The second-order valence-corrected chi connectivity index (χ2v) is 3.49. The third-order valence-electron chi connectivity index (χ3n) is 2.43. The molecule has 0 saturated carbocycles. The Bertz CT molecular complexity index is 486. The van der Waals surface area contributed by atoms with E-state index in [1.807, 2.05) is 0 Å². The van der Waals surface area contributed by atoms with Crippen LogP contribution in [0.1, 0.15) is 5.76 Å². The van der Waals surface area contributed by atoms with Crippen LogP contribution in [0.15, 0.2) is 34.3 Å². The predicted octanol–water partition coefficient (Wildman–Crippen LogP) is 0.654. The van der Waals surface area contributed by atoms with Gasteiger partial charge in [-0.25, -0.2) is 0 Å². The average Bonchev–Trinajstić information content (AvgIpc) is 2.92. The van der Waals surface area contributed by atoms with Crippen molar-refractivity contribution >= 4 is 0 Å². The van der Waals surface area contributed by atoms with Gasteiger partial charge in [-0.15, -0.1) is 0 Å². The first kappa shape index (κ1) is 11.0. The summed E-state index contributed by atoms with van der Waals surface area (Å²) in [5, 5.41) is 22.3. The van der Waals surface area contributed by atoms with Crippen molar-refractivity contribution in [3.8, 4) is 6.07 Å². The zero-order valence-corrected chi connectivity index (χ0v) is 8.92. The molecule has 2 heterocycles. The fraction of sp³-hybridized carbons (Fsp3) is 0.300. The number of rotatable bonds is 3. The van der Waals surface area contributed by atoms with E-state index in [-0.39, 0.29) is 5.82 Å². The number of nitro groups is 1. The molecular weight excluding hydrogens is 224 g/mol. The van der Waals surface area contributed by atoms with Crippen molar-refractivity contribution in [2.45, 2.75) is 6.54 Å². The van der Waals surface area contributed by atoms with Gasteiger partial charge in [0, 0.05) is 13.1 Å². The molecule has 1 aliphatic heterocycles.